The topological polar surface area (TPSA) is 40.1 Å². The van der Waals surface area contributed by atoms with E-state index in [1.165, 1.54) is 18.2 Å². The van der Waals surface area contributed by atoms with Crippen molar-refractivity contribution in [2.45, 2.75) is 4.90 Å². The summed E-state index contributed by atoms with van der Waals surface area (Å²) < 4.78 is 20.8. The molecule has 0 saturated carbocycles. The van der Waals surface area contributed by atoms with Gasteiger partial charge in [-0.25, -0.2) is 0 Å². The van der Waals surface area contributed by atoms with E-state index in [0.29, 0.717) is 5.02 Å². The van der Waals surface area contributed by atoms with Crippen LogP contribution in [0.5, 0.6) is 0 Å². The summed E-state index contributed by atoms with van der Waals surface area (Å²) in [5.41, 5.74) is 0. The van der Waals surface area contributed by atoms with E-state index in [-0.39, 0.29) is 9.92 Å². The number of rotatable bonds is 1. The Morgan fingerprint density at radius 2 is 2.00 bits per heavy atom. The zero-order chi connectivity index (χ0) is 8.43. The molecule has 11 heavy (non-hydrogen) atoms. The summed E-state index contributed by atoms with van der Waals surface area (Å²) in [6.07, 6.45) is 0. The molecule has 5 heteroatoms. The molecule has 0 saturated heterocycles. The maximum atomic E-state index is 10.4. The second-order valence-electron chi connectivity index (χ2n) is 1.81. The average Bonchev–Trinajstić information content (AvgIpc) is 1.85. The summed E-state index contributed by atoms with van der Waals surface area (Å²) in [7, 11) is 0. The lowest BCUT2D eigenvalue weighted by atomic mass is 10.4. The van der Waals surface area contributed by atoms with Gasteiger partial charge in [-0.1, -0.05) is 23.2 Å². The van der Waals surface area contributed by atoms with Crippen LogP contribution in [0.2, 0.25) is 10.0 Å². The Morgan fingerprint density at radius 1 is 1.36 bits per heavy atom. The van der Waals surface area contributed by atoms with E-state index < -0.39 is 11.1 Å². The molecule has 1 unspecified atom stereocenters. The SMILES string of the molecule is O=S([O-])c1ccc(Cl)cc1Cl. The van der Waals surface area contributed by atoms with Crippen molar-refractivity contribution in [3.8, 4) is 0 Å². The van der Waals surface area contributed by atoms with E-state index in [9.17, 15) is 8.76 Å². The number of hydrogen-bond acceptors (Lipinski definition) is 2. The van der Waals surface area contributed by atoms with E-state index >= 15 is 0 Å². The molecule has 2 nitrogen and oxygen atoms in total. The molecule has 60 valence electrons. The molecule has 0 N–H and O–H groups in total. The van der Waals surface area contributed by atoms with Gasteiger partial charge in [0.15, 0.2) is 0 Å². The van der Waals surface area contributed by atoms with Crippen molar-refractivity contribution in [1.29, 1.82) is 0 Å². The van der Waals surface area contributed by atoms with Gasteiger partial charge in [0.2, 0.25) is 0 Å². The number of benzene rings is 1. The minimum absolute atomic E-state index is 0.0658. The fraction of sp³-hybridized carbons (Fsp3) is 0. The van der Waals surface area contributed by atoms with Gasteiger partial charge in [-0.2, -0.15) is 0 Å². The van der Waals surface area contributed by atoms with Crippen molar-refractivity contribution >= 4 is 34.3 Å². The molecule has 0 bridgehead atoms. The van der Waals surface area contributed by atoms with Gasteiger partial charge in [-0.05, 0) is 29.3 Å². The van der Waals surface area contributed by atoms with Crippen LogP contribution in [0.25, 0.3) is 0 Å². The smallest absolute Gasteiger partial charge is 0.0570 e. The molecule has 0 aliphatic rings. The summed E-state index contributed by atoms with van der Waals surface area (Å²) in [5.74, 6) is 0. The van der Waals surface area contributed by atoms with E-state index in [0.717, 1.165) is 0 Å². The fourth-order valence-electron chi connectivity index (χ4n) is 0.610. The van der Waals surface area contributed by atoms with Crippen LogP contribution in [-0.2, 0) is 11.1 Å². The number of halogens is 2. The Hall–Kier alpha value is -0.0900. The third kappa shape index (κ3) is 2.17. The Labute approximate surface area is 76.4 Å². The van der Waals surface area contributed by atoms with Gasteiger partial charge >= 0.3 is 0 Å². The van der Waals surface area contributed by atoms with Crippen molar-refractivity contribution < 1.29 is 8.76 Å². The number of hydrogen-bond donors (Lipinski definition) is 0. The van der Waals surface area contributed by atoms with Gasteiger partial charge in [-0.15, -0.1) is 0 Å². The molecule has 1 atom stereocenters. The minimum Gasteiger partial charge on any atom is -0.768 e. The zero-order valence-corrected chi connectivity index (χ0v) is 7.54. The molecule has 1 aromatic carbocycles. The van der Waals surface area contributed by atoms with Crippen LogP contribution in [0.3, 0.4) is 0 Å². The molecule has 1 rings (SSSR count). The molecule has 0 radical (unpaired) electrons. The first-order valence-electron chi connectivity index (χ1n) is 2.65. The van der Waals surface area contributed by atoms with Crippen LogP contribution in [-0.4, -0.2) is 8.76 Å². The van der Waals surface area contributed by atoms with E-state index in [1.54, 1.807) is 0 Å². The Balaban J connectivity index is 3.20. The maximum Gasteiger partial charge on any atom is 0.0570 e. The van der Waals surface area contributed by atoms with Gasteiger partial charge in [-0.3, -0.25) is 4.21 Å². The van der Waals surface area contributed by atoms with Gasteiger partial charge in [0.1, 0.15) is 0 Å². The monoisotopic (exact) mass is 209 g/mol. The van der Waals surface area contributed by atoms with Crippen LogP contribution in [0.1, 0.15) is 0 Å². The van der Waals surface area contributed by atoms with Crippen molar-refractivity contribution in [2.24, 2.45) is 0 Å². The predicted molar refractivity (Wildman–Crippen MR) is 43.6 cm³/mol. The van der Waals surface area contributed by atoms with Crippen LogP contribution < -0.4 is 0 Å². The van der Waals surface area contributed by atoms with E-state index in [2.05, 4.69) is 0 Å². The summed E-state index contributed by atoms with van der Waals surface area (Å²) in [5, 5.41) is 0.565. The molecule has 0 amide bonds. The summed E-state index contributed by atoms with van der Waals surface area (Å²) in [6.45, 7) is 0. The molecule has 0 spiro atoms. The van der Waals surface area contributed by atoms with Crippen molar-refractivity contribution in [1.82, 2.24) is 0 Å². The van der Waals surface area contributed by atoms with Crippen molar-refractivity contribution in [2.75, 3.05) is 0 Å². The summed E-state index contributed by atoms with van der Waals surface area (Å²) >= 11 is 8.79. The lowest BCUT2D eigenvalue weighted by Crippen LogP contribution is -1.88. The summed E-state index contributed by atoms with van der Waals surface area (Å²) in [4.78, 5) is 0.0658. The third-order valence-electron chi connectivity index (χ3n) is 1.07. The van der Waals surface area contributed by atoms with Crippen LogP contribution in [0.4, 0.5) is 0 Å². The Bertz CT molecular complexity index is 301. The van der Waals surface area contributed by atoms with Gasteiger partial charge < -0.3 is 4.55 Å². The minimum atomic E-state index is -2.29. The standard InChI is InChI=1S/C6H4Cl2O2S/c7-4-1-2-6(11(9)10)5(8)3-4/h1-3H,(H,9,10)/p-1. The highest BCUT2D eigenvalue weighted by Gasteiger charge is 1.99. The molecule has 1 aromatic rings. The van der Waals surface area contributed by atoms with Crippen LogP contribution in [0, 0.1) is 0 Å². The second kappa shape index (κ2) is 3.54. The van der Waals surface area contributed by atoms with E-state index in [4.69, 9.17) is 23.2 Å². The van der Waals surface area contributed by atoms with E-state index in [1.807, 2.05) is 0 Å². The van der Waals surface area contributed by atoms with Gasteiger partial charge in [0.25, 0.3) is 0 Å². The lowest BCUT2D eigenvalue weighted by Gasteiger charge is -2.06. The van der Waals surface area contributed by atoms with Crippen molar-refractivity contribution in [3.05, 3.63) is 28.2 Å². The lowest BCUT2D eigenvalue weighted by molar-refractivity contribution is 0.537. The first kappa shape index (κ1) is 9.00. The first-order chi connectivity index (χ1) is 5.11. The highest BCUT2D eigenvalue weighted by atomic mass is 35.5. The molecule has 0 aliphatic heterocycles. The molecule has 0 aliphatic carbocycles. The highest BCUT2D eigenvalue weighted by molar-refractivity contribution is 7.79. The Morgan fingerprint density at radius 3 is 2.45 bits per heavy atom. The highest BCUT2D eigenvalue weighted by Crippen LogP contribution is 2.22. The average molecular weight is 210 g/mol. The Kier molecular flexibility index (Phi) is 2.90. The fourth-order valence-corrected chi connectivity index (χ4v) is 1.61. The van der Waals surface area contributed by atoms with Crippen LogP contribution >= 0.6 is 23.2 Å². The predicted octanol–water partition coefficient (Wildman–Crippen LogP) is 2.23. The maximum absolute atomic E-state index is 10.4. The normalized spacial score (nSPS) is 13.0. The second-order valence-corrected chi connectivity index (χ2v) is 3.56. The van der Waals surface area contributed by atoms with Crippen LogP contribution in [0.15, 0.2) is 23.1 Å². The zero-order valence-electron chi connectivity index (χ0n) is 5.21. The molecular weight excluding hydrogens is 207 g/mol. The molecular formula is C6H3Cl2O2S-. The quantitative estimate of drug-likeness (QED) is 0.666. The third-order valence-corrected chi connectivity index (χ3v) is 2.45. The molecule has 0 fully saturated rings. The van der Waals surface area contributed by atoms with Gasteiger partial charge in [0.05, 0.1) is 5.02 Å². The molecule has 0 heterocycles. The van der Waals surface area contributed by atoms with Crippen molar-refractivity contribution in [3.63, 3.8) is 0 Å². The largest absolute Gasteiger partial charge is 0.768 e. The molecule has 0 aromatic heterocycles. The summed E-state index contributed by atoms with van der Waals surface area (Å²) in [6, 6.07) is 4.21. The first-order valence-corrected chi connectivity index (χ1v) is 4.48. The van der Waals surface area contributed by atoms with Gasteiger partial charge in [0, 0.05) is 9.92 Å².